The second-order valence-corrected chi connectivity index (χ2v) is 5.28. The van der Waals surface area contributed by atoms with E-state index < -0.39 is 0 Å². The number of benzene rings is 2. The summed E-state index contributed by atoms with van der Waals surface area (Å²) in [6.07, 6.45) is 0. The van der Waals surface area contributed by atoms with Gasteiger partial charge in [0.2, 0.25) is 0 Å². The topological polar surface area (TPSA) is 55.1 Å². The Hall–Kier alpha value is -2.29. The van der Waals surface area contributed by atoms with E-state index >= 15 is 0 Å². The molecule has 0 aliphatic heterocycles. The molecule has 0 aliphatic rings. The van der Waals surface area contributed by atoms with Gasteiger partial charge < -0.3 is 11.1 Å². The Morgan fingerprint density at radius 3 is 2.25 bits per heavy atom. The number of anilines is 2. The van der Waals surface area contributed by atoms with Crippen LogP contribution in [0, 0.1) is 27.7 Å². The van der Waals surface area contributed by atoms with Crippen molar-refractivity contribution in [3.05, 3.63) is 58.1 Å². The van der Waals surface area contributed by atoms with E-state index in [1.165, 1.54) is 5.56 Å². The van der Waals surface area contributed by atoms with E-state index in [4.69, 9.17) is 5.73 Å². The van der Waals surface area contributed by atoms with Crippen molar-refractivity contribution in [2.45, 2.75) is 27.7 Å². The number of hydrogen-bond donors (Lipinski definition) is 2. The number of aryl methyl sites for hydroxylation is 4. The first-order chi connectivity index (χ1) is 9.38. The number of rotatable bonds is 2. The van der Waals surface area contributed by atoms with Crippen molar-refractivity contribution in [3.63, 3.8) is 0 Å². The predicted molar refractivity (Wildman–Crippen MR) is 84.2 cm³/mol. The lowest BCUT2D eigenvalue weighted by Gasteiger charge is -2.11. The molecule has 0 saturated heterocycles. The number of carbonyl (C=O) groups excluding carboxylic acids is 1. The zero-order chi connectivity index (χ0) is 14.9. The van der Waals surface area contributed by atoms with Crippen LogP contribution in [-0.2, 0) is 0 Å². The van der Waals surface area contributed by atoms with Gasteiger partial charge in [-0.1, -0.05) is 12.1 Å². The number of nitrogens with one attached hydrogen (secondary N) is 1. The molecule has 3 N–H and O–H groups in total. The molecule has 104 valence electrons. The number of amides is 1. The average Bonchev–Trinajstić information content (AvgIpc) is 2.38. The lowest BCUT2D eigenvalue weighted by molar-refractivity contribution is 0.102. The largest absolute Gasteiger partial charge is 0.398 e. The molecular formula is C17H20N2O. The third kappa shape index (κ3) is 2.82. The molecule has 0 fully saturated rings. The van der Waals surface area contributed by atoms with Crippen molar-refractivity contribution in [1.82, 2.24) is 0 Å². The summed E-state index contributed by atoms with van der Waals surface area (Å²) in [6.45, 7) is 7.93. The van der Waals surface area contributed by atoms with Crippen molar-refractivity contribution in [2.75, 3.05) is 11.1 Å². The van der Waals surface area contributed by atoms with Gasteiger partial charge >= 0.3 is 0 Å². The SMILES string of the molecule is Cc1ccc(NC(=O)c2cc(N)c(C)cc2C)cc1C. The Morgan fingerprint density at radius 1 is 0.900 bits per heavy atom. The lowest BCUT2D eigenvalue weighted by atomic mass is 10.0. The second kappa shape index (κ2) is 5.37. The van der Waals surface area contributed by atoms with Crippen LogP contribution in [0.4, 0.5) is 11.4 Å². The van der Waals surface area contributed by atoms with Crippen molar-refractivity contribution in [1.29, 1.82) is 0 Å². The highest BCUT2D eigenvalue weighted by molar-refractivity contribution is 6.06. The minimum atomic E-state index is -0.127. The summed E-state index contributed by atoms with van der Waals surface area (Å²) in [7, 11) is 0. The number of nitrogen functional groups attached to an aromatic ring is 1. The fourth-order valence-electron chi connectivity index (χ4n) is 2.13. The van der Waals surface area contributed by atoms with Gasteiger partial charge in [-0.05, 0) is 68.1 Å². The summed E-state index contributed by atoms with van der Waals surface area (Å²) in [5.74, 6) is -0.127. The van der Waals surface area contributed by atoms with Gasteiger partial charge in [-0.2, -0.15) is 0 Å². The van der Waals surface area contributed by atoms with Crippen LogP contribution in [0.2, 0.25) is 0 Å². The zero-order valence-corrected chi connectivity index (χ0v) is 12.4. The Morgan fingerprint density at radius 2 is 1.60 bits per heavy atom. The number of carbonyl (C=O) groups is 1. The van der Waals surface area contributed by atoms with Crippen LogP contribution in [0.1, 0.15) is 32.6 Å². The summed E-state index contributed by atoms with van der Waals surface area (Å²) >= 11 is 0. The molecule has 0 radical (unpaired) electrons. The first-order valence-electron chi connectivity index (χ1n) is 6.64. The molecule has 3 heteroatoms. The van der Waals surface area contributed by atoms with Crippen molar-refractivity contribution >= 4 is 17.3 Å². The summed E-state index contributed by atoms with van der Waals surface area (Å²) in [6, 6.07) is 9.56. The Bertz CT molecular complexity index is 675. The van der Waals surface area contributed by atoms with E-state index in [-0.39, 0.29) is 5.91 Å². The number of nitrogens with two attached hydrogens (primary N) is 1. The van der Waals surface area contributed by atoms with Gasteiger partial charge in [-0.3, -0.25) is 4.79 Å². The number of hydrogen-bond acceptors (Lipinski definition) is 2. The lowest BCUT2D eigenvalue weighted by Crippen LogP contribution is -2.14. The van der Waals surface area contributed by atoms with Gasteiger partial charge in [0.05, 0.1) is 0 Å². The predicted octanol–water partition coefficient (Wildman–Crippen LogP) is 3.75. The minimum absolute atomic E-state index is 0.127. The Balaban J connectivity index is 2.28. The smallest absolute Gasteiger partial charge is 0.256 e. The van der Waals surface area contributed by atoms with Gasteiger partial charge in [0.1, 0.15) is 0 Å². The molecule has 3 nitrogen and oxygen atoms in total. The maximum absolute atomic E-state index is 12.3. The summed E-state index contributed by atoms with van der Waals surface area (Å²) in [5, 5.41) is 2.92. The Labute approximate surface area is 119 Å². The van der Waals surface area contributed by atoms with E-state index in [1.807, 2.05) is 52.0 Å². The minimum Gasteiger partial charge on any atom is -0.398 e. The standard InChI is InChI=1S/C17H20N2O/c1-10-5-6-14(8-11(10)2)19-17(20)15-9-16(18)13(4)7-12(15)3/h5-9H,18H2,1-4H3,(H,19,20). The molecule has 2 aromatic carbocycles. The fraction of sp³-hybridized carbons (Fsp3) is 0.235. The first-order valence-corrected chi connectivity index (χ1v) is 6.64. The van der Waals surface area contributed by atoms with Crippen LogP contribution in [0.3, 0.4) is 0 Å². The molecule has 0 aliphatic carbocycles. The summed E-state index contributed by atoms with van der Waals surface area (Å²) < 4.78 is 0. The molecule has 20 heavy (non-hydrogen) atoms. The van der Waals surface area contributed by atoms with Crippen molar-refractivity contribution in [3.8, 4) is 0 Å². The van der Waals surface area contributed by atoms with Crippen LogP contribution < -0.4 is 11.1 Å². The van der Waals surface area contributed by atoms with Gasteiger partial charge in [0.15, 0.2) is 0 Å². The maximum atomic E-state index is 12.3. The highest BCUT2D eigenvalue weighted by atomic mass is 16.1. The molecule has 0 bridgehead atoms. The molecule has 2 rings (SSSR count). The van der Waals surface area contributed by atoms with E-state index in [2.05, 4.69) is 5.32 Å². The molecule has 0 saturated carbocycles. The van der Waals surface area contributed by atoms with E-state index in [0.717, 1.165) is 22.4 Å². The van der Waals surface area contributed by atoms with Gasteiger partial charge in [0.25, 0.3) is 5.91 Å². The van der Waals surface area contributed by atoms with Crippen LogP contribution in [0.25, 0.3) is 0 Å². The highest BCUT2D eigenvalue weighted by Gasteiger charge is 2.11. The maximum Gasteiger partial charge on any atom is 0.256 e. The van der Waals surface area contributed by atoms with E-state index in [1.54, 1.807) is 6.07 Å². The van der Waals surface area contributed by atoms with Gasteiger partial charge in [-0.25, -0.2) is 0 Å². The third-order valence-corrected chi connectivity index (χ3v) is 3.62. The molecule has 2 aromatic rings. The fourth-order valence-corrected chi connectivity index (χ4v) is 2.13. The second-order valence-electron chi connectivity index (χ2n) is 5.28. The third-order valence-electron chi connectivity index (χ3n) is 3.62. The normalized spacial score (nSPS) is 10.4. The van der Waals surface area contributed by atoms with E-state index in [9.17, 15) is 4.79 Å². The average molecular weight is 268 g/mol. The van der Waals surface area contributed by atoms with Gasteiger partial charge in [-0.15, -0.1) is 0 Å². The molecule has 0 aromatic heterocycles. The monoisotopic (exact) mass is 268 g/mol. The van der Waals surface area contributed by atoms with Crippen molar-refractivity contribution in [2.24, 2.45) is 0 Å². The van der Waals surface area contributed by atoms with Crippen LogP contribution in [-0.4, -0.2) is 5.91 Å². The molecule has 0 atom stereocenters. The summed E-state index contributed by atoms with van der Waals surface area (Å²) in [5.41, 5.74) is 12.2. The van der Waals surface area contributed by atoms with Crippen LogP contribution in [0.15, 0.2) is 30.3 Å². The molecule has 0 spiro atoms. The van der Waals surface area contributed by atoms with Crippen LogP contribution >= 0.6 is 0 Å². The quantitative estimate of drug-likeness (QED) is 0.815. The van der Waals surface area contributed by atoms with E-state index in [0.29, 0.717) is 11.3 Å². The van der Waals surface area contributed by atoms with Crippen LogP contribution in [0.5, 0.6) is 0 Å². The zero-order valence-electron chi connectivity index (χ0n) is 12.4. The molecule has 0 unspecified atom stereocenters. The summed E-state index contributed by atoms with van der Waals surface area (Å²) in [4.78, 5) is 12.3. The van der Waals surface area contributed by atoms with Crippen molar-refractivity contribution < 1.29 is 4.79 Å². The van der Waals surface area contributed by atoms with Gasteiger partial charge in [0, 0.05) is 16.9 Å². The first kappa shape index (κ1) is 14.1. The molecule has 0 heterocycles. The highest BCUT2D eigenvalue weighted by Crippen LogP contribution is 2.20. The molecule has 1 amide bonds. The Kier molecular flexibility index (Phi) is 3.79. The molecular weight excluding hydrogens is 248 g/mol.